The Hall–Kier alpha value is -1.33. The van der Waals surface area contributed by atoms with E-state index in [0.717, 1.165) is 17.9 Å². The van der Waals surface area contributed by atoms with Crippen LogP contribution < -0.4 is 11.3 Å². The molecule has 1 aromatic heterocycles. The molecule has 0 saturated heterocycles. The van der Waals surface area contributed by atoms with E-state index < -0.39 is 0 Å². The van der Waals surface area contributed by atoms with Crippen molar-refractivity contribution in [1.82, 2.24) is 10.3 Å². The number of amides is 1. The van der Waals surface area contributed by atoms with Crippen molar-refractivity contribution in [3.63, 3.8) is 0 Å². The summed E-state index contributed by atoms with van der Waals surface area (Å²) in [7, 11) is 1.98. The lowest BCUT2D eigenvalue weighted by atomic mass is 10.0. The van der Waals surface area contributed by atoms with Gasteiger partial charge >= 0.3 is 0 Å². The summed E-state index contributed by atoms with van der Waals surface area (Å²) in [6, 6.07) is 2.06. The van der Waals surface area contributed by atoms with Gasteiger partial charge in [-0.15, -0.1) is 0 Å². The number of hydrogen-bond donors (Lipinski definition) is 2. The molecule has 96 valence electrons. The first-order chi connectivity index (χ1) is 7.97. The maximum Gasteiger partial charge on any atom is 0.238 e. The van der Waals surface area contributed by atoms with Gasteiger partial charge < -0.3 is 4.42 Å². The van der Waals surface area contributed by atoms with Crippen LogP contribution in [-0.2, 0) is 11.3 Å². The van der Waals surface area contributed by atoms with Crippen molar-refractivity contribution in [2.75, 3.05) is 7.05 Å². The molecule has 0 aliphatic carbocycles. The molecule has 0 radical (unpaired) electrons. The van der Waals surface area contributed by atoms with Crippen LogP contribution >= 0.6 is 0 Å². The summed E-state index contributed by atoms with van der Waals surface area (Å²) in [5.74, 6) is 5.75. The fraction of sp³-hybridized carbons (Fsp3) is 0.583. The lowest BCUT2D eigenvalue weighted by molar-refractivity contribution is -0.126. The van der Waals surface area contributed by atoms with E-state index in [-0.39, 0.29) is 17.9 Å². The molecule has 5 heteroatoms. The number of nitrogens with one attached hydrogen (secondary N) is 1. The highest BCUT2D eigenvalue weighted by Crippen LogP contribution is 2.16. The molecule has 0 aromatic carbocycles. The van der Waals surface area contributed by atoms with Crippen LogP contribution in [0.1, 0.15) is 25.2 Å². The number of aryl methyl sites for hydroxylation is 1. The number of rotatable bonds is 5. The van der Waals surface area contributed by atoms with Crippen LogP contribution in [-0.4, -0.2) is 23.9 Å². The minimum atomic E-state index is -0.155. The average molecular weight is 239 g/mol. The fourth-order valence-corrected chi connectivity index (χ4v) is 1.72. The van der Waals surface area contributed by atoms with Gasteiger partial charge in [0, 0.05) is 18.2 Å². The highest BCUT2D eigenvalue weighted by atomic mass is 16.3. The Balaban J connectivity index is 2.61. The summed E-state index contributed by atoms with van der Waals surface area (Å²) in [6.45, 7) is 6.57. The summed E-state index contributed by atoms with van der Waals surface area (Å²) in [6.07, 6.45) is 1.68. The van der Waals surface area contributed by atoms with E-state index in [0.29, 0.717) is 0 Å². The minimum Gasteiger partial charge on any atom is -0.469 e. The van der Waals surface area contributed by atoms with Crippen LogP contribution in [0.4, 0.5) is 0 Å². The van der Waals surface area contributed by atoms with Gasteiger partial charge in [0.25, 0.3) is 0 Å². The van der Waals surface area contributed by atoms with Gasteiger partial charge in [0.15, 0.2) is 0 Å². The molecule has 1 heterocycles. The van der Waals surface area contributed by atoms with Gasteiger partial charge in [0.2, 0.25) is 5.91 Å². The lowest BCUT2D eigenvalue weighted by Gasteiger charge is -2.28. The number of carbonyl (C=O) groups is 1. The van der Waals surface area contributed by atoms with E-state index in [2.05, 4.69) is 10.3 Å². The molecule has 1 aromatic rings. The Morgan fingerprint density at radius 1 is 1.59 bits per heavy atom. The van der Waals surface area contributed by atoms with E-state index >= 15 is 0 Å². The third kappa shape index (κ3) is 3.31. The molecule has 17 heavy (non-hydrogen) atoms. The molecule has 0 fully saturated rings. The van der Waals surface area contributed by atoms with Crippen molar-refractivity contribution in [3.05, 3.63) is 23.7 Å². The summed E-state index contributed by atoms with van der Waals surface area (Å²) in [4.78, 5) is 13.6. The van der Waals surface area contributed by atoms with Gasteiger partial charge in [0.1, 0.15) is 5.76 Å². The van der Waals surface area contributed by atoms with Crippen LogP contribution in [0.25, 0.3) is 0 Å². The number of nitrogens with zero attached hydrogens (tertiary/aromatic N) is 1. The zero-order chi connectivity index (χ0) is 13.0. The standard InChI is InChI=1S/C12H21N3O2/c1-8(12(16)14-13)9(2)15(4)7-11-5-6-17-10(11)3/h5-6,8-9H,7,13H2,1-4H3,(H,14,16). The predicted molar refractivity (Wildman–Crippen MR) is 65.9 cm³/mol. The highest BCUT2D eigenvalue weighted by Gasteiger charge is 2.23. The molecular formula is C12H21N3O2. The second-order valence-corrected chi connectivity index (χ2v) is 4.46. The van der Waals surface area contributed by atoms with Gasteiger partial charge in [-0.3, -0.25) is 15.1 Å². The molecule has 3 N–H and O–H groups in total. The summed E-state index contributed by atoms with van der Waals surface area (Å²) in [5.41, 5.74) is 3.33. The molecule has 0 aliphatic rings. The third-order valence-electron chi connectivity index (χ3n) is 3.36. The summed E-state index contributed by atoms with van der Waals surface area (Å²) >= 11 is 0. The van der Waals surface area contributed by atoms with Crippen LogP contribution in [0.2, 0.25) is 0 Å². The first-order valence-corrected chi connectivity index (χ1v) is 5.71. The number of hydrogen-bond acceptors (Lipinski definition) is 4. The maximum atomic E-state index is 11.4. The second-order valence-electron chi connectivity index (χ2n) is 4.46. The van der Waals surface area contributed by atoms with Gasteiger partial charge in [-0.25, -0.2) is 5.84 Å². The van der Waals surface area contributed by atoms with Gasteiger partial charge in [-0.05, 0) is 27.0 Å². The van der Waals surface area contributed by atoms with E-state index in [9.17, 15) is 4.79 Å². The zero-order valence-corrected chi connectivity index (χ0v) is 10.9. The van der Waals surface area contributed by atoms with Crippen LogP contribution in [0.5, 0.6) is 0 Å². The Labute approximate surface area is 102 Å². The molecule has 0 saturated carbocycles. The number of carbonyl (C=O) groups excluding carboxylic acids is 1. The first-order valence-electron chi connectivity index (χ1n) is 5.71. The largest absolute Gasteiger partial charge is 0.469 e. The molecule has 2 atom stereocenters. The number of nitrogens with two attached hydrogens (primary N) is 1. The van der Waals surface area contributed by atoms with Gasteiger partial charge in [0.05, 0.1) is 12.2 Å². The minimum absolute atomic E-state index is 0.104. The Morgan fingerprint density at radius 2 is 2.24 bits per heavy atom. The molecule has 0 spiro atoms. The Bertz CT molecular complexity index is 376. The van der Waals surface area contributed by atoms with Crippen molar-refractivity contribution in [1.29, 1.82) is 0 Å². The topological polar surface area (TPSA) is 71.5 Å². The molecule has 0 aliphatic heterocycles. The monoisotopic (exact) mass is 239 g/mol. The van der Waals surface area contributed by atoms with E-state index in [1.807, 2.05) is 33.9 Å². The van der Waals surface area contributed by atoms with Crippen LogP contribution in [0.3, 0.4) is 0 Å². The summed E-state index contributed by atoms with van der Waals surface area (Å²) < 4.78 is 5.25. The molecule has 5 nitrogen and oxygen atoms in total. The Kier molecular flexibility index (Phi) is 4.72. The number of hydrazine groups is 1. The molecular weight excluding hydrogens is 218 g/mol. The SMILES string of the molecule is Cc1occc1CN(C)C(C)C(C)C(=O)NN. The van der Waals surface area contributed by atoms with E-state index in [4.69, 9.17) is 10.3 Å². The smallest absolute Gasteiger partial charge is 0.238 e. The first kappa shape index (κ1) is 13.7. The van der Waals surface area contributed by atoms with E-state index in [1.54, 1.807) is 6.26 Å². The molecule has 0 bridgehead atoms. The van der Waals surface area contributed by atoms with Gasteiger partial charge in [-0.1, -0.05) is 6.92 Å². The van der Waals surface area contributed by atoms with E-state index in [1.165, 1.54) is 0 Å². The maximum absolute atomic E-state index is 11.4. The van der Waals surface area contributed by atoms with Crippen molar-refractivity contribution in [3.8, 4) is 0 Å². The lowest BCUT2D eigenvalue weighted by Crippen LogP contribution is -2.44. The molecule has 1 amide bonds. The van der Waals surface area contributed by atoms with Crippen molar-refractivity contribution in [2.45, 2.75) is 33.4 Å². The number of furan rings is 1. The quantitative estimate of drug-likeness (QED) is 0.457. The zero-order valence-electron chi connectivity index (χ0n) is 10.9. The average Bonchev–Trinajstić information content (AvgIpc) is 2.72. The fourth-order valence-electron chi connectivity index (χ4n) is 1.72. The predicted octanol–water partition coefficient (Wildman–Crippen LogP) is 1.03. The van der Waals surface area contributed by atoms with Crippen molar-refractivity contribution >= 4 is 5.91 Å². The second kappa shape index (κ2) is 5.84. The molecule has 2 unspecified atom stereocenters. The summed E-state index contributed by atoms with van der Waals surface area (Å²) in [5, 5.41) is 0. The van der Waals surface area contributed by atoms with Crippen molar-refractivity contribution in [2.24, 2.45) is 11.8 Å². The Morgan fingerprint density at radius 3 is 2.71 bits per heavy atom. The third-order valence-corrected chi connectivity index (χ3v) is 3.36. The van der Waals surface area contributed by atoms with Gasteiger partial charge in [-0.2, -0.15) is 0 Å². The van der Waals surface area contributed by atoms with Crippen LogP contribution in [0, 0.1) is 12.8 Å². The highest BCUT2D eigenvalue weighted by molar-refractivity contribution is 5.78. The van der Waals surface area contributed by atoms with Crippen molar-refractivity contribution < 1.29 is 9.21 Å². The normalized spacial score (nSPS) is 14.7. The molecule has 1 rings (SSSR count). The van der Waals surface area contributed by atoms with Crippen LogP contribution in [0.15, 0.2) is 16.7 Å².